The van der Waals surface area contributed by atoms with E-state index in [2.05, 4.69) is 43.0 Å². The van der Waals surface area contributed by atoms with Crippen LogP contribution >= 0.6 is 11.8 Å². The average Bonchev–Trinajstić information content (AvgIpc) is 3.13. The highest BCUT2D eigenvalue weighted by atomic mass is 32.2. The van der Waals surface area contributed by atoms with Crippen LogP contribution in [0.2, 0.25) is 0 Å². The second kappa shape index (κ2) is 28.1. The van der Waals surface area contributed by atoms with Crippen LogP contribution in [-0.4, -0.2) is 38.3 Å². The molecule has 266 valence electrons. The van der Waals surface area contributed by atoms with Gasteiger partial charge in [0, 0.05) is 41.9 Å². The summed E-state index contributed by atoms with van der Waals surface area (Å²) in [6, 6.07) is 27.1. The first-order valence-corrected chi connectivity index (χ1v) is 18.8. The van der Waals surface area contributed by atoms with Gasteiger partial charge < -0.3 is 10.4 Å². The number of para-hydroxylation sites is 1. The van der Waals surface area contributed by atoms with Crippen LogP contribution in [0.25, 0.3) is 0 Å². The molecule has 2 N–H and O–H groups in total. The number of carbonyl (C=O) groups excluding carboxylic acids is 2. The molecule has 2 atom stereocenters. The van der Waals surface area contributed by atoms with E-state index in [-0.39, 0.29) is 11.0 Å². The van der Waals surface area contributed by atoms with Crippen LogP contribution in [0, 0.1) is 13.8 Å². The van der Waals surface area contributed by atoms with E-state index >= 15 is 0 Å². The molecule has 2 unspecified atom stereocenters. The van der Waals surface area contributed by atoms with Crippen molar-refractivity contribution in [3.63, 3.8) is 0 Å². The average molecular weight is 686 g/mol. The van der Waals surface area contributed by atoms with E-state index in [9.17, 15) is 14.7 Å². The third-order valence-electron chi connectivity index (χ3n) is 7.65. The van der Waals surface area contributed by atoms with E-state index in [0.717, 1.165) is 53.1 Å². The number of carbonyl (C=O) groups is 2. The molecule has 0 bridgehead atoms. The largest absolute Gasteiger partial charge is 0.387 e. The van der Waals surface area contributed by atoms with Crippen LogP contribution in [0.15, 0.2) is 97.3 Å². The zero-order valence-electron chi connectivity index (χ0n) is 30.6. The molecule has 49 heavy (non-hydrogen) atoms. The van der Waals surface area contributed by atoms with E-state index in [1.807, 2.05) is 98.9 Å². The fourth-order valence-electron chi connectivity index (χ4n) is 4.84. The Balaban J connectivity index is 0.000000361. The number of anilines is 1. The number of hydrogen-bond acceptors (Lipinski definition) is 6. The molecule has 0 saturated heterocycles. The number of aromatic nitrogens is 2. The minimum atomic E-state index is -0.455. The van der Waals surface area contributed by atoms with Crippen molar-refractivity contribution in [1.29, 1.82) is 0 Å². The number of amides is 1. The second-order valence-corrected chi connectivity index (χ2v) is 13.2. The second-order valence-electron chi connectivity index (χ2n) is 11.7. The predicted octanol–water partition coefficient (Wildman–Crippen LogP) is 10.8. The maximum absolute atomic E-state index is 11.5. The molecular formula is C42H59N3O3S. The van der Waals surface area contributed by atoms with Crippen LogP contribution in [0.4, 0.5) is 5.69 Å². The van der Waals surface area contributed by atoms with Crippen LogP contribution < -0.4 is 5.32 Å². The van der Waals surface area contributed by atoms with Crippen molar-refractivity contribution in [3.8, 4) is 0 Å². The van der Waals surface area contributed by atoms with Gasteiger partial charge in [0.15, 0.2) is 5.78 Å². The Morgan fingerprint density at radius 2 is 1.37 bits per heavy atom. The first-order valence-electron chi connectivity index (χ1n) is 17.8. The highest BCUT2D eigenvalue weighted by molar-refractivity contribution is 7.99. The molecule has 1 amide bonds. The van der Waals surface area contributed by atoms with Crippen molar-refractivity contribution in [2.45, 2.75) is 111 Å². The summed E-state index contributed by atoms with van der Waals surface area (Å²) in [7, 11) is 0. The smallest absolute Gasteiger partial charge is 0.211 e. The van der Waals surface area contributed by atoms with E-state index in [0.29, 0.717) is 18.5 Å². The monoisotopic (exact) mass is 685 g/mol. The molecule has 0 aliphatic heterocycles. The lowest BCUT2D eigenvalue weighted by atomic mass is 9.99. The van der Waals surface area contributed by atoms with E-state index in [1.54, 1.807) is 24.0 Å². The Hall–Kier alpha value is -3.81. The zero-order valence-corrected chi connectivity index (χ0v) is 31.4. The SMILES string of the molecule is CCCCC.CCCCCCC(=O)c1ccccn1.CCSC(Cc1ccccn1)C(O)c1ccccc1C.Cc1ccccc1NC=O. The number of hydrogen-bond donors (Lipinski definition) is 2. The number of aliphatic hydroxyl groups excluding tert-OH is 1. The van der Waals surface area contributed by atoms with Gasteiger partial charge in [-0.3, -0.25) is 19.6 Å². The number of aryl methyl sites for hydroxylation is 2. The maximum Gasteiger partial charge on any atom is 0.211 e. The number of Topliss-reactive ketones (excluding diaryl/α,β-unsaturated/α-hetero) is 1. The summed E-state index contributed by atoms with van der Waals surface area (Å²) in [5.41, 5.74) is 5.75. The molecule has 2 aromatic carbocycles. The van der Waals surface area contributed by atoms with Gasteiger partial charge in [-0.25, -0.2) is 0 Å². The van der Waals surface area contributed by atoms with Gasteiger partial charge in [-0.2, -0.15) is 11.8 Å². The van der Waals surface area contributed by atoms with Crippen molar-refractivity contribution in [3.05, 3.63) is 125 Å². The third kappa shape index (κ3) is 19.1. The van der Waals surface area contributed by atoms with Crippen molar-refractivity contribution < 1.29 is 14.7 Å². The summed E-state index contributed by atoms with van der Waals surface area (Å²) in [6.45, 7) is 12.7. The van der Waals surface area contributed by atoms with Crippen molar-refractivity contribution in [1.82, 2.24) is 9.97 Å². The molecule has 6 nitrogen and oxygen atoms in total. The topological polar surface area (TPSA) is 92.2 Å². The number of rotatable bonds is 16. The number of unbranched alkanes of at least 4 members (excludes halogenated alkanes) is 5. The minimum absolute atomic E-state index is 0.135. The van der Waals surface area contributed by atoms with Crippen LogP contribution in [0.5, 0.6) is 0 Å². The molecule has 2 heterocycles. The van der Waals surface area contributed by atoms with Crippen molar-refractivity contribution in [2.24, 2.45) is 0 Å². The number of ketones is 1. The van der Waals surface area contributed by atoms with Gasteiger partial charge in [0.1, 0.15) is 5.69 Å². The number of thioether (sulfide) groups is 1. The third-order valence-corrected chi connectivity index (χ3v) is 8.84. The van der Waals surface area contributed by atoms with Gasteiger partial charge in [0.25, 0.3) is 0 Å². The van der Waals surface area contributed by atoms with Gasteiger partial charge in [-0.15, -0.1) is 0 Å². The lowest BCUT2D eigenvalue weighted by Crippen LogP contribution is -2.19. The molecule has 0 fully saturated rings. The summed E-state index contributed by atoms with van der Waals surface area (Å²) in [5.74, 6) is 1.15. The number of aliphatic hydroxyl groups is 1. The van der Waals surface area contributed by atoms with Gasteiger partial charge in [-0.1, -0.05) is 121 Å². The molecule has 0 spiro atoms. The van der Waals surface area contributed by atoms with E-state index in [4.69, 9.17) is 0 Å². The molecule has 0 aliphatic rings. The van der Waals surface area contributed by atoms with E-state index < -0.39 is 6.10 Å². The van der Waals surface area contributed by atoms with Gasteiger partial charge in [0.05, 0.1) is 6.10 Å². The standard InChI is InChI=1S/C17H21NOS.C12H17NO.C8H9NO.C5H12/c1-3-20-16(12-14-9-6-7-11-18-14)17(19)15-10-5-4-8-13(15)2;1-2-3-4-5-9-12(14)11-8-6-7-10-13-11;1-7-4-2-3-5-8(7)9-6-10;1-3-5-4-2/h4-11,16-17,19H,3,12H2,1-2H3;6-8,10H,2-5,9H2,1H3;2-6H,1H3,(H,9,10);3-5H2,1-2H3. The summed E-state index contributed by atoms with van der Waals surface area (Å²) in [4.78, 5) is 30.0. The summed E-state index contributed by atoms with van der Waals surface area (Å²) in [6.07, 6.45) is 13.8. The molecule has 0 aliphatic carbocycles. The highest BCUT2D eigenvalue weighted by Gasteiger charge is 2.23. The molecular weight excluding hydrogens is 627 g/mol. The fourth-order valence-corrected chi connectivity index (χ4v) is 5.89. The van der Waals surface area contributed by atoms with Crippen LogP contribution in [0.3, 0.4) is 0 Å². The van der Waals surface area contributed by atoms with Gasteiger partial charge in [-0.05, 0) is 73.0 Å². The zero-order chi connectivity index (χ0) is 36.1. The predicted molar refractivity (Wildman–Crippen MR) is 209 cm³/mol. The Morgan fingerprint density at radius 1 is 0.755 bits per heavy atom. The van der Waals surface area contributed by atoms with Crippen LogP contribution in [0.1, 0.15) is 118 Å². The number of pyridine rings is 2. The van der Waals surface area contributed by atoms with Gasteiger partial charge >= 0.3 is 0 Å². The van der Waals surface area contributed by atoms with E-state index in [1.165, 1.54) is 32.1 Å². The number of benzene rings is 2. The van der Waals surface area contributed by atoms with Crippen molar-refractivity contribution in [2.75, 3.05) is 11.1 Å². The first-order chi connectivity index (χ1) is 23.8. The number of nitrogens with one attached hydrogen (secondary N) is 1. The summed E-state index contributed by atoms with van der Waals surface area (Å²) >= 11 is 1.79. The Kier molecular flexibility index (Phi) is 24.8. The molecule has 0 saturated carbocycles. The normalized spacial score (nSPS) is 11.2. The Labute approximate surface area is 300 Å². The Bertz CT molecular complexity index is 1400. The number of nitrogens with zero attached hydrogens (tertiary/aromatic N) is 2. The van der Waals surface area contributed by atoms with Crippen molar-refractivity contribution >= 4 is 29.6 Å². The molecule has 4 rings (SSSR count). The quantitative estimate of drug-likeness (QED) is 0.0693. The first kappa shape index (κ1) is 43.2. The highest BCUT2D eigenvalue weighted by Crippen LogP contribution is 2.30. The summed E-state index contributed by atoms with van der Waals surface area (Å²) in [5, 5.41) is 13.4. The maximum atomic E-state index is 11.5. The molecule has 2 aromatic heterocycles. The summed E-state index contributed by atoms with van der Waals surface area (Å²) < 4.78 is 0. The lowest BCUT2D eigenvalue weighted by Gasteiger charge is -2.23. The Morgan fingerprint density at radius 3 is 1.90 bits per heavy atom. The van der Waals surface area contributed by atoms with Gasteiger partial charge in [0.2, 0.25) is 6.41 Å². The molecule has 0 radical (unpaired) electrons. The van der Waals surface area contributed by atoms with Crippen LogP contribution in [-0.2, 0) is 11.2 Å². The molecule has 4 aromatic rings. The minimum Gasteiger partial charge on any atom is -0.387 e. The fraction of sp³-hybridized carbons (Fsp3) is 0.429. The lowest BCUT2D eigenvalue weighted by molar-refractivity contribution is -0.105. The molecule has 7 heteroatoms.